The fourth-order valence-electron chi connectivity index (χ4n) is 1.51. The SMILES string of the molecule is CC(C)(C)NCc1cnc(Oc2cc(F)ccc2Br)nc1. The number of halogens is 2. The Morgan fingerprint density at radius 1 is 1.24 bits per heavy atom. The van der Waals surface area contributed by atoms with Crippen molar-refractivity contribution < 1.29 is 9.13 Å². The van der Waals surface area contributed by atoms with Crippen LogP contribution >= 0.6 is 15.9 Å². The van der Waals surface area contributed by atoms with Gasteiger partial charge in [-0.2, -0.15) is 0 Å². The number of benzene rings is 1. The third kappa shape index (κ3) is 5.06. The van der Waals surface area contributed by atoms with Crippen LogP contribution in [-0.4, -0.2) is 15.5 Å². The van der Waals surface area contributed by atoms with Crippen LogP contribution in [0.15, 0.2) is 35.1 Å². The third-order valence-corrected chi connectivity index (χ3v) is 3.25. The predicted molar refractivity (Wildman–Crippen MR) is 82.8 cm³/mol. The lowest BCUT2D eigenvalue weighted by atomic mass is 10.1. The minimum atomic E-state index is -0.376. The zero-order valence-electron chi connectivity index (χ0n) is 12.2. The van der Waals surface area contributed by atoms with Crippen molar-refractivity contribution in [1.82, 2.24) is 15.3 Å². The van der Waals surface area contributed by atoms with Gasteiger partial charge in [-0.3, -0.25) is 0 Å². The van der Waals surface area contributed by atoms with Crippen LogP contribution in [0, 0.1) is 5.82 Å². The maximum Gasteiger partial charge on any atom is 0.321 e. The van der Waals surface area contributed by atoms with E-state index in [-0.39, 0.29) is 17.4 Å². The van der Waals surface area contributed by atoms with E-state index in [1.807, 2.05) is 0 Å². The van der Waals surface area contributed by atoms with E-state index in [4.69, 9.17) is 4.74 Å². The molecule has 112 valence electrons. The summed E-state index contributed by atoms with van der Waals surface area (Å²) >= 11 is 3.29. The van der Waals surface area contributed by atoms with Gasteiger partial charge in [0.1, 0.15) is 11.6 Å². The van der Waals surface area contributed by atoms with Crippen LogP contribution in [0.5, 0.6) is 11.8 Å². The minimum Gasteiger partial charge on any atom is -0.423 e. The quantitative estimate of drug-likeness (QED) is 0.900. The van der Waals surface area contributed by atoms with Crippen LogP contribution < -0.4 is 10.1 Å². The molecular weight excluding hydrogens is 337 g/mol. The highest BCUT2D eigenvalue weighted by molar-refractivity contribution is 9.10. The summed E-state index contributed by atoms with van der Waals surface area (Å²) in [6.07, 6.45) is 3.38. The van der Waals surface area contributed by atoms with Gasteiger partial charge in [0.2, 0.25) is 0 Å². The summed E-state index contributed by atoms with van der Waals surface area (Å²) in [5.74, 6) is -0.0326. The Balaban J connectivity index is 2.04. The highest BCUT2D eigenvalue weighted by Crippen LogP contribution is 2.28. The van der Waals surface area contributed by atoms with E-state index >= 15 is 0 Å². The van der Waals surface area contributed by atoms with E-state index in [1.54, 1.807) is 18.5 Å². The van der Waals surface area contributed by atoms with Gasteiger partial charge in [0.05, 0.1) is 4.47 Å². The van der Waals surface area contributed by atoms with Crippen LogP contribution in [0.25, 0.3) is 0 Å². The molecule has 0 saturated carbocycles. The molecule has 6 heteroatoms. The first kappa shape index (κ1) is 15.9. The standard InChI is InChI=1S/C15H17BrFN3O/c1-15(2,3)20-9-10-7-18-14(19-8-10)21-13-6-11(17)4-5-12(13)16/h4-8,20H,9H2,1-3H3. The number of aromatic nitrogens is 2. The molecule has 4 nitrogen and oxygen atoms in total. The van der Waals surface area contributed by atoms with Gasteiger partial charge < -0.3 is 10.1 Å². The number of ether oxygens (including phenoxy) is 1. The van der Waals surface area contributed by atoms with E-state index < -0.39 is 0 Å². The number of hydrogen-bond acceptors (Lipinski definition) is 4. The molecule has 0 bridgehead atoms. The molecule has 2 rings (SSSR count). The summed E-state index contributed by atoms with van der Waals surface area (Å²) in [5.41, 5.74) is 0.984. The number of nitrogens with one attached hydrogen (secondary N) is 1. The fraction of sp³-hybridized carbons (Fsp3) is 0.333. The van der Waals surface area contributed by atoms with Crippen molar-refractivity contribution in [2.45, 2.75) is 32.9 Å². The Bertz CT molecular complexity index is 611. The Kier molecular flexibility index (Phi) is 4.90. The molecule has 1 aromatic carbocycles. The molecule has 0 fully saturated rings. The minimum absolute atomic E-state index is 0.0294. The summed E-state index contributed by atoms with van der Waals surface area (Å²) < 4.78 is 19.3. The maximum absolute atomic E-state index is 13.2. The first-order valence-corrected chi connectivity index (χ1v) is 7.32. The lowest BCUT2D eigenvalue weighted by molar-refractivity contribution is 0.418. The van der Waals surface area contributed by atoms with Gasteiger partial charge in [-0.1, -0.05) is 0 Å². The second-order valence-corrected chi connectivity index (χ2v) is 6.51. The Hall–Kier alpha value is -1.53. The van der Waals surface area contributed by atoms with Crippen molar-refractivity contribution in [3.05, 3.63) is 46.4 Å². The third-order valence-electron chi connectivity index (χ3n) is 2.60. The first-order valence-electron chi connectivity index (χ1n) is 6.52. The largest absolute Gasteiger partial charge is 0.423 e. The van der Waals surface area contributed by atoms with E-state index in [2.05, 4.69) is 52.0 Å². The summed E-state index contributed by atoms with van der Waals surface area (Å²) in [6, 6.07) is 4.38. The van der Waals surface area contributed by atoms with E-state index in [9.17, 15) is 4.39 Å². The molecular formula is C15H17BrFN3O. The summed E-state index contributed by atoms with van der Waals surface area (Å²) in [6.45, 7) is 6.94. The summed E-state index contributed by atoms with van der Waals surface area (Å²) in [7, 11) is 0. The Labute approximate surface area is 131 Å². The van der Waals surface area contributed by atoms with Crippen molar-refractivity contribution >= 4 is 15.9 Å². The van der Waals surface area contributed by atoms with E-state index in [1.165, 1.54) is 12.1 Å². The van der Waals surface area contributed by atoms with Gasteiger partial charge in [-0.25, -0.2) is 14.4 Å². The van der Waals surface area contributed by atoms with Gasteiger partial charge in [0.25, 0.3) is 0 Å². The van der Waals surface area contributed by atoms with Crippen molar-refractivity contribution in [2.75, 3.05) is 0 Å². The molecule has 0 unspecified atom stereocenters. The van der Waals surface area contributed by atoms with Crippen molar-refractivity contribution in [2.24, 2.45) is 0 Å². The van der Waals surface area contributed by atoms with Crippen LogP contribution in [0.3, 0.4) is 0 Å². The molecule has 1 aromatic heterocycles. The van der Waals surface area contributed by atoms with E-state index in [0.29, 0.717) is 16.8 Å². The lowest BCUT2D eigenvalue weighted by Crippen LogP contribution is -2.35. The van der Waals surface area contributed by atoms with Crippen LogP contribution in [0.1, 0.15) is 26.3 Å². The second-order valence-electron chi connectivity index (χ2n) is 5.65. The van der Waals surface area contributed by atoms with Gasteiger partial charge in [-0.05, 0) is 48.8 Å². The molecule has 1 N–H and O–H groups in total. The normalized spacial score (nSPS) is 11.5. The molecule has 0 saturated heterocycles. The smallest absolute Gasteiger partial charge is 0.321 e. The first-order chi connectivity index (χ1) is 9.83. The van der Waals surface area contributed by atoms with Crippen LogP contribution in [0.4, 0.5) is 4.39 Å². The average molecular weight is 354 g/mol. The predicted octanol–water partition coefficient (Wildman–Crippen LogP) is 4.06. The highest BCUT2D eigenvalue weighted by Gasteiger charge is 2.10. The summed E-state index contributed by atoms with van der Waals surface area (Å²) in [4.78, 5) is 8.26. The molecule has 21 heavy (non-hydrogen) atoms. The average Bonchev–Trinajstić information content (AvgIpc) is 2.41. The molecule has 0 radical (unpaired) electrons. The molecule has 0 spiro atoms. The van der Waals surface area contributed by atoms with Crippen LogP contribution in [0.2, 0.25) is 0 Å². The van der Waals surface area contributed by atoms with Gasteiger partial charge in [0.15, 0.2) is 0 Å². The summed E-state index contributed by atoms with van der Waals surface area (Å²) in [5, 5.41) is 3.35. The van der Waals surface area contributed by atoms with Crippen molar-refractivity contribution in [1.29, 1.82) is 0 Å². The molecule has 2 aromatic rings. The van der Waals surface area contributed by atoms with Crippen LogP contribution in [-0.2, 0) is 6.54 Å². The van der Waals surface area contributed by atoms with Gasteiger partial charge in [0, 0.05) is 36.1 Å². The molecule has 1 heterocycles. The van der Waals surface area contributed by atoms with Gasteiger partial charge >= 0.3 is 6.01 Å². The topological polar surface area (TPSA) is 47.0 Å². The highest BCUT2D eigenvalue weighted by atomic mass is 79.9. The monoisotopic (exact) mass is 353 g/mol. The molecule has 0 amide bonds. The van der Waals surface area contributed by atoms with Crippen molar-refractivity contribution in [3.63, 3.8) is 0 Å². The second kappa shape index (κ2) is 6.49. The lowest BCUT2D eigenvalue weighted by Gasteiger charge is -2.20. The molecule has 0 aliphatic heterocycles. The zero-order chi connectivity index (χ0) is 15.5. The van der Waals surface area contributed by atoms with E-state index in [0.717, 1.165) is 5.56 Å². The number of nitrogens with zero attached hydrogens (tertiary/aromatic N) is 2. The molecule has 0 aliphatic rings. The maximum atomic E-state index is 13.2. The molecule has 0 atom stereocenters. The Morgan fingerprint density at radius 3 is 2.52 bits per heavy atom. The molecule has 0 aliphatic carbocycles. The van der Waals surface area contributed by atoms with Gasteiger partial charge in [-0.15, -0.1) is 0 Å². The number of hydrogen-bond donors (Lipinski definition) is 1. The zero-order valence-corrected chi connectivity index (χ0v) is 13.7. The number of rotatable bonds is 4. The van der Waals surface area contributed by atoms with Crippen molar-refractivity contribution in [3.8, 4) is 11.8 Å². The Morgan fingerprint density at radius 2 is 1.90 bits per heavy atom. The fourth-order valence-corrected chi connectivity index (χ4v) is 1.84.